The van der Waals surface area contributed by atoms with Crippen LogP contribution in [0.4, 0.5) is 32.3 Å². The second-order valence-electron chi connectivity index (χ2n) is 13.4. The molecule has 2 aliphatic heterocycles. The number of urea groups is 2. The van der Waals surface area contributed by atoms with Crippen LogP contribution in [0.5, 0.6) is 0 Å². The van der Waals surface area contributed by atoms with E-state index in [1.54, 1.807) is 48.5 Å². The van der Waals surface area contributed by atoms with Crippen molar-refractivity contribution in [2.75, 3.05) is 34.4 Å². The first-order valence-electron chi connectivity index (χ1n) is 18.7. The smallest absolute Gasteiger partial charge is 0.312 e. The van der Waals surface area contributed by atoms with E-state index in [-0.39, 0.29) is 15.8 Å². The molecule has 6 aromatic rings. The summed E-state index contributed by atoms with van der Waals surface area (Å²) in [7, 11) is -2.15. The van der Waals surface area contributed by atoms with E-state index in [1.165, 1.54) is 63.8 Å². The number of fused-ring (bicyclic) bond motifs is 2. The molecule has 12 nitrogen and oxygen atoms in total. The van der Waals surface area contributed by atoms with Gasteiger partial charge >= 0.3 is 12.1 Å². The maximum Gasteiger partial charge on any atom is 0.323 e. The summed E-state index contributed by atoms with van der Waals surface area (Å²) in [5.41, 5.74) is 7.53. The normalized spacial score (nSPS) is 13.4. The summed E-state index contributed by atoms with van der Waals surface area (Å²) in [5, 5.41) is 14.0. The fraction of sp³-hybridized carbons (Fsp3) is 0.136. The Balaban J connectivity index is 0.000000167. The standard InChI is InChI=1S/C22H21N3O3S.C13H11ClN2O3S.C9H11N/c26-22(23-19-8-2-1-3-9-19)24-20-10-12-21(13-11-20)29(27,28)25-15-14-17-6-4-5-7-18(17)16-25;14-20(18,19)12-8-6-11(7-9-12)16-13(17)15-10-4-2-1-3-5-10;1-2-4-9-7-10-6-5-8(9)3-1/h1-13H,14-16H2,(H2,23,24,26);1-9H,(H2,15,16,17);1-4,10H,5-7H2. The van der Waals surface area contributed by atoms with Gasteiger partial charge in [-0.05, 0) is 114 Å². The van der Waals surface area contributed by atoms with E-state index < -0.39 is 25.1 Å². The minimum Gasteiger partial charge on any atom is -0.312 e. The highest BCUT2D eigenvalue weighted by molar-refractivity contribution is 8.13. The molecule has 304 valence electrons. The van der Waals surface area contributed by atoms with Gasteiger partial charge in [0.2, 0.25) is 10.0 Å². The summed E-state index contributed by atoms with van der Waals surface area (Å²) in [5.74, 6) is 0. The van der Waals surface area contributed by atoms with Crippen molar-refractivity contribution in [3.8, 4) is 0 Å². The highest BCUT2D eigenvalue weighted by Gasteiger charge is 2.28. The molecule has 2 heterocycles. The second kappa shape index (κ2) is 20.1. The van der Waals surface area contributed by atoms with Gasteiger partial charge in [-0.1, -0.05) is 84.9 Å². The first-order valence-corrected chi connectivity index (χ1v) is 22.4. The molecule has 0 saturated carbocycles. The van der Waals surface area contributed by atoms with Crippen molar-refractivity contribution in [1.29, 1.82) is 0 Å². The van der Waals surface area contributed by atoms with Crippen LogP contribution in [0.15, 0.2) is 168 Å². The quantitative estimate of drug-likeness (QED) is 0.100. The van der Waals surface area contributed by atoms with Gasteiger partial charge in [0, 0.05) is 53.1 Å². The van der Waals surface area contributed by atoms with Gasteiger partial charge in [-0.25, -0.2) is 26.4 Å². The molecule has 0 unspecified atom stereocenters. The molecular formula is C44H43ClN6O6S2. The topological polar surface area (TPSA) is 166 Å². The summed E-state index contributed by atoms with van der Waals surface area (Å²) in [6.07, 6.45) is 1.89. The zero-order valence-corrected chi connectivity index (χ0v) is 34.2. The Morgan fingerprint density at radius 1 is 0.492 bits per heavy atom. The zero-order chi connectivity index (χ0) is 41.7. The van der Waals surface area contributed by atoms with Gasteiger partial charge in [-0.3, -0.25) is 0 Å². The fourth-order valence-corrected chi connectivity index (χ4v) is 8.47. The number of carbonyl (C=O) groups is 2. The highest BCUT2D eigenvalue weighted by Crippen LogP contribution is 2.26. The molecule has 0 aromatic heterocycles. The van der Waals surface area contributed by atoms with E-state index in [0.29, 0.717) is 42.3 Å². The molecule has 0 fully saturated rings. The first kappa shape index (κ1) is 42.6. The Morgan fingerprint density at radius 3 is 1.37 bits per heavy atom. The van der Waals surface area contributed by atoms with Crippen LogP contribution in [0.3, 0.4) is 0 Å². The minimum atomic E-state index is -3.75. The zero-order valence-electron chi connectivity index (χ0n) is 31.8. The number of hydrogen-bond donors (Lipinski definition) is 5. The lowest BCUT2D eigenvalue weighted by Gasteiger charge is -2.28. The number of nitrogens with zero attached hydrogens (tertiary/aromatic N) is 1. The van der Waals surface area contributed by atoms with Gasteiger partial charge in [-0.2, -0.15) is 4.31 Å². The lowest BCUT2D eigenvalue weighted by Crippen LogP contribution is -2.35. The van der Waals surface area contributed by atoms with Crippen LogP contribution >= 0.6 is 10.7 Å². The molecule has 59 heavy (non-hydrogen) atoms. The fourth-order valence-electron chi connectivity index (χ4n) is 6.28. The highest BCUT2D eigenvalue weighted by atomic mass is 35.7. The van der Waals surface area contributed by atoms with Crippen molar-refractivity contribution in [2.45, 2.75) is 35.7 Å². The molecule has 8 rings (SSSR count). The van der Waals surface area contributed by atoms with Crippen molar-refractivity contribution < 1.29 is 26.4 Å². The first-order chi connectivity index (χ1) is 28.4. The molecular weight excluding hydrogens is 808 g/mol. The van der Waals surface area contributed by atoms with E-state index in [1.807, 2.05) is 48.5 Å². The summed E-state index contributed by atoms with van der Waals surface area (Å²) in [6.45, 7) is 3.02. The molecule has 4 amide bonds. The average Bonchev–Trinajstić information content (AvgIpc) is 3.25. The third-order valence-corrected chi connectivity index (χ3v) is 12.5. The monoisotopic (exact) mass is 850 g/mol. The Kier molecular flexibility index (Phi) is 14.5. The van der Waals surface area contributed by atoms with Gasteiger partial charge in [-0.15, -0.1) is 0 Å². The van der Waals surface area contributed by atoms with E-state index in [9.17, 15) is 26.4 Å². The SMILES string of the molecule is O=C(Nc1ccccc1)Nc1ccc(S(=O)(=O)Cl)cc1.O=C(Nc1ccccc1)Nc1ccc(S(=O)(=O)N2CCc3ccccc3C2)cc1.c1ccc2c(c1)CCNC2. The largest absolute Gasteiger partial charge is 0.323 e. The molecule has 0 bridgehead atoms. The van der Waals surface area contributed by atoms with Gasteiger partial charge in [0.15, 0.2) is 0 Å². The number of anilines is 4. The molecule has 0 spiro atoms. The van der Waals surface area contributed by atoms with Gasteiger partial charge in [0.05, 0.1) is 9.79 Å². The predicted molar refractivity (Wildman–Crippen MR) is 234 cm³/mol. The Morgan fingerprint density at radius 2 is 0.898 bits per heavy atom. The molecule has 0 atom stereocenters. The maximum atomic E-state index is 13.0. The van der Waals surface area contributed by atoms with Gasteiger partial charge in [0.25, 0.3) is 9.05 Å². The van der Waals surface area contributed by atoms with Crippen molar-refractivity contribution >= 4 is 64.6 Å². The third-order valence-electron chi connectivity index (χ3n) is 9.31. The van der Waals surface area contributed by atoms with Crippen molar-refractivity contribution in [3.63, 3.8) is 0 Å². The number of rotatable bonds is 7. The number of benzene rings is 6. The molecule has 0 radical (unpaired) electrons. The number of nitrogens with one attached hydrogen (secondary N) is 5. The molecule has 6 aromatic carbocycles. The molecule has 15 heteroatoms. The van der Waals surface area contributed by atoms with E-state index >= 15 is 0 Å². The van der Waals surface area contributed by atoms with Crippen LogP contribution in [-0.2, 0) is 45.0 Å². The predicted octanol–water partition coefficient (Wildman–Crippen LogP) is 8.67. The molecule has 2 aliphatic rings. The average molecular weight is 851 g/mol. The van der Waals surface area contributed by atoms with Gasteiger partial charge < -0.3 is 26.6 Å². The molecule has 5 N–H and O–H groups in total. The Labute approximate surface area is 349 Å². The number of halogens is 1. The van der Waals surface area contributed by atoms with Crippen molar-refractivity contribution in [2.24, 2.45) is 0 Å². The number of para-hydroxylation sites is 2. The molecule has 0 saturated heterocycles. The van der Waals surface area contributed by atoms with Crippen molar-refractivity contribution in [3.05, 3.63) is 180 Å². The summed E-state index contributed by atoms with van der Waals surface area (Å²) >= 11 is 0. The Hall–Kier alpha value is -6.03. The third kappa shape index (κ3) is 12.5. The number of sulfonamides is 1. The number of carbonyl (C=O) groups excluding carboxylic acids is 2. The van der Waals surface area contributed by atoms with E-state index in [0.717, 1.165) is 18.7 Å². The summed E-state index contributed by atoms with van der Waals surface area (Å²) in [6, 6.07) is 45.6. The summed E-state index contributed by atoms with van der Waals surface area (Å²) < 4.78 is 49.6. The van der Waals surface area contributed by atoms with Crippen LogP contribution in [0.25, 0.3) is 0 Å². The molecule has 0 aliphatic carbocycles. The summed E-state index contributed by atoms with van der Waals surface area (Å²) in [4.78, 5) is 24.0. The van der Waals surface area contributed by atoms with E-state index in [2.05, 4.69) is 50.8 Å². The maximum absolute atomic E-state index is 13.0. The minimum absolute atomic E-state index is 0.0202. The second-order valence-corrected chi connectivity index (χ2v) is 17.9. The number of hydrogen-bond acceptors (Lipinski definition) is 7. The lowest BCUT2D eigenvalue weighted by atomic mass is 10.0. The van der Waals surface area contributed by atoms with Crippen molar-refractivity contribution in [1.82, 2.24) is 9.62 Å². The van der Waals surface area contributed by atoms with E-state index in [4.69, 9.17) is 10.7 Å². The van der Waals surface area contributed by atoms with Crippen LogP contribution in [0, 0.1) is 0 Å². The number of amides is 4. The van der Waals surface area contributed by atoms with Crippen LogP contribution in [0.2, 0.25) is 0 Å². The lowest BCUT2D eigenvalue weighted by molar-refractivity contribution is 0.261. The van der Waals surface area contributed by atoms with Crippen LogP contribution < -0.4 is 26.6 Å². The van der Waals surface area contributed by atoms with Crippen LogP contribution in [-0.4, -0.2) is 46.3 Å². The van der Waals surface area contributed by atoms with Gasteiger partial charge in [0.1, 0.15) is 0 Å². The van der Waals surface area contributed by atoms with Crippen LogP contribution in [0.1, 0.15) is 22.3 Å². The Bertz CT molecular complexity index is 2540.